The highest BCUT2D eigenvalue weighted by atomic mass is 16.5. The van der Waals surface area contributed by atoms with Crippen molar-refractivity contribution in [3.8, 4) is 5.75 Å². The van der Waals surface area contributed by atoms with Crippen LogP contribution in [0.4, 0.5) is 5.69 Å². The van der Waals surface area contributed by atoms with Gasteiger partial charge in [-0.2, -0.15) is 0 Å². The third-order valence-electron chi connectivity index (χ3n) is 3.47. The molecule has 22 heavy (non-hydrogen) atoms. The van der Waals surface area contributed by atoms with E-state index >= 15 is 0 Å². The fourth-order valence-corrected chi connectivity index (χ4v) is 2.21. The summed E-state index contributed by atoms with van der Waals surface area (Å²) in [6, 6.07) is 15.8. The summed E-state index contributed by atoms with van der Waals surface area (Å²) in [7, 11) is 3.43. The number of carbonyl (C=O) groups is 1. The molecule has 0 heterocycles. The van der Waals surface area contributed by atoms with Gasteiger partial charge in [0.05, 0.1) is 19.3 Å². The Balaban J connectivity index is 1.93. The number of ether oxygens (including phenoxy) is 1. The number of rotatable bonds is 6. The molecule has 0 bridgehead atoms. The van der Waals surface area contributed by atoms with E-state index in [2.05, 4.69) is 5.32 Å². The van der Waals surface area contributed by atoms with Crippen molar-refractivity contribution in [1.82, 2.24) is 4.90 Å². The predicted octanol–water partition coefficient (Wildman–Crippen LogP) is 3.07. The third kappa shape index (κ3) is 4.25. The Labute approximate surface area is 131 Å². The molecule has 0 atom stereocenters. The van der Waals surface area contributed by atoms with E-state index in [4.69, 9.17) is 4.74 Å². The van der Waals surface area contributed by atoms with Gasteiger partial charge in [0.15, 0.2) is 0 Å². The van der Waals surface area contributed by atoms with Crippen LogP contribution in [0.15, 0.2) is 48.5 Å². The van der Waals surface area contributed by atoms with Crippen LogP contribution in [-0.2, 0) is 11.3 Å². The second-order valence-electron chi connectivity index (χ2n) is 5.29. The maximum Gasteiger partial charge on any atom is 0.241 e. The van der Waals surface area contributed by atoms with E-state index in [1.165, 1.54) is 0 Å². The number of nitrogens with zero attached hydrogens (tertiary/aromatic N) is 1. The van der Waals surface area contributed by atoms with Crippen molar-refractivity contribution >= 4 is 11.6 Å². The number of nitrogens with one attached hydrogen (secondary N) is 1. The van der Waals surface area contributed by atoms with Crippen molar-refractivity contribution in [2.24, 2.45) is 0 Å². The van der Waals surface area contributed by atoms with Gasteiger partial charge in [-0.05, 0) is 30.2 Å². The van der Waals surface area contributed by atoms with Gasteiger partial charge in [-0.25, -0.2) is 0 Å². The normalized spacial score (nSPS) is 10.1. The molecule has 0 unspecified atom stereocenters. The quantitative estimate of drug-likeness (QED) is 0.891. The van der Waals surface area contributed by atoms with Crippen LogP contribution < -0.4 is 10.1 Å². The van der Waals surface area contributed by atoms with Crippen molar-refractivity contribution in [2.75, 3.05) is 26.0 Å². The van der Waals surface area contributed by atoms with Crippen LogP contribution >= 0.6 is 0 Å². The Morgan fingerprint density at radius 3 is 2.59 bits per heavy atom. The predicted molar refractivity (Wildman–Crippen MR) is 89.1 cm³/mol. The Hall–Kier alpha value is -2.49. The summed E-state index contributed by atoms with van der Waals surface area (Å²) < 4.78 is 5.30. The molecule has 2 aromatic rings. The molecule has 0 radical (unpaired) electrons. The first-order valence-corrected chi connectivity index (χ1v) is 7.26. The average Bonchev–Trinajstić information content (AvgIpc) is 2.53. The molecule has 2 aromatic carbocycles. The molecule has 0 saturated heterocycles. The zero-order valence-electron chi connectivity index (χ0n) is 13.3. The minimum absolute atomic E-state index is 0.0346. The number of likely N-dealkylation sites (N-methyl/N-ethyl adjacent to an activating group) is 1. The van der Waals surface area contributed by atoms with E-state index < -0.39 is 0 Å². The number of carbonyl (C=O) groups excluding carboxylic acids is 1. The molecule has 2 rings (SSSR count). The molecule has 1 amide bonds. The Morgan fingerprint density at radius 2 is 1.91 bits per heavy atom. The summed E-state index contributed by atoms with van der Waals surface area (Å²) in [5.74, 6) is 0.775. The second kappa shape index (κ2) is 7.50. The van der Waals surface area contributed by atoms with E-state index in [0.717, 1.165) is 22.6 Å². The number of benzene rings is 2. The molecule has 0 fully saturated rings. The molecule has 0 aliphatic heterocycles. The van der Waals surface area contributed by atoms with E-state index in [1.807, 2.05) is 62.5 Å². The fraction of sp³-hybridized carbons (Fsp3) is 0.278. The number of hydrogen-bond donors (Lipinski definition) is 1. The zero-order chi connectivity index (χ0) is 15.9. The van der Waals surface area contributed by atoms with Crippen molar-refractivity contribution in [3.63, 3.8) is 0 Å². The topological polar surface area (TPSA) is 41.6 Å². The molecule has 0 aliphatic rings. The number of aryl methyl sites for hydroxylation is 1. The van der Waals surface area contributed by atoms with Gasteiger partial charge in [0.2, 0.25) is 5.91 Å². The van der Waals surface area contributed by atoms with Crippen LogP contribution in [0, 0.1) is 6.92 Å². The molecule has 4 nitrogen and oxygen atoms in total. The zero-order valence-corrected chi connectivity index (χ0v) is 13.3. The van der Waals surface area contributed by atoms with Gasteiger partial charge in [-0.3, -0.25) is 4.79 Å². The first-order valence-electron chi connectivity index (χ1n) is 7.26. The van der Waals surface area contributed by atoms with E-state index in [9.17, 15) is 4.79 Å². The van der Waals surface area contributed by atoms with Gasteiger partial charge in [0, 0.05) is 13.6 Å². The molecule has 0 aliphatic carbocycles. The Kier molecular flexibility index (Phi) is 5.42. The minimum atomic E-state index is 0.0346. The molecule has 0 spiro atoms. The smallest absolute Gasteiger partial charge is 0.241 e. The van der Waals surface area contributed by atoms with Gasteiger partial charge < -0.3 is 15.0 Å². The van der Waals surface area contributed by atoms with Gasteiger partial charge in [0.25, 0.3) is 0 Å². The maximum atomic E-state index is 12.2. The van der Waals surface area contributed by atoms with E-state index in [0.29, 0.717) is 6.54 Å². The van der Waals surface area contributed by atoms with Crippen molar-refractivity contribution in [3.05, 3.63) is 59.7 Å². The number of hydrogen-bond acceptors (Lipinski definition) is 3. The molecule has 0 saturated carbocycles. The maximum absolute atomic E-state index is 12.2. The summed E-state index contributed by atoms with van der Waals surface area (Å²) in [4.78, 5) is 13.9. The monoisotopic (exact) mass is 298 g/mol. The Morgan fingerprint density at radius 1 is 1.18 bits per heavy atom. The van der Waals surface area contributed by atoms with Crippen LogP contribution in [0.5, 0.6) is 5.75 Å². The van der Waals surface area contributed by atoms with Crippen molar-refractivity contribution in [1.29, 1.82) is 0 Å². The molecule has 1 N–H and O–H groups in total. The number of methoxy groups -OCH3 is 1. The van der Waals surface area contributed by atoms with Crippen LogP contribution in [0.1, 0.15) is 11.1 Å². The standard InChI is InChI=1S/C18H22N2O2/c1-14-9-10-17(22-3)16(11-14)19-12-18(21)20(2)13-15-7-5-4-6-8-15/h4-11,19H,12-13H2,1-3H3. The highest BCUT2D eigenvalue weighted by Crippen LogP contribution is 2.24. The van der Waals surface area contributed by atoms with Crippen molar-refractivity contribution < 1.29 is 9.53 Å². The molecular weight excluding hydrogens is 276 g/mol. The summed E-state index contributed by atoms with van der Waals surface area (Å²) in [6.45, 7) is 2.85. The molecule has 116 valence electrons. The highest BCUT2D eigenvalue weighted by molar-refractivity contribution is 5.81. The lowest BCUT2D eigenvalue weighted by atomic mass is 10.2. The molecule has 0 aromatic heterocycles. The number of amides is 1. The Bertz CT molecular complexity index is 626. The van der Waals surface area contributed by atoms with Gasteiger partial charge in [-0.15, -0.1) is 0 Å². The summed E-state index contributed by atoms with van der Waals surface area (Å²) in [6.07, 6.45) is 0. The minimum Gasteiger partial charge on any atom is -0.495 e. The third-order valence-corrected chi connectivity index (χ3v) is 3.47. The summed E-state index contributed by atoms with van der Waals surface area (Å²) >= 11 is 0. The highest BCUT2D eigenvalue weighted by Gasteiger charge is 2.10. The average molecular weight is 298 g/mol. The lowest BCUT2D eigenvalue weighted by Crippen LogP contribution is -2.31. The first-order chi connectivity index (χ1) is 10.6. The van der Waals surface area contributed by atoms with Crippen LogP contribution in [-0.4, -0.2) is 31.5 Å². The van der Waals surface area contributed by atoms with Crippen LogP contribution in [0.2, 0.25) is 0 Å². The molecular formula is C18H22N2O2. The fourth-order valence-electron chi connectivity index (χ4n) is 2.21. The van der Waals surface area contributed by atoms with E-state index in [-0.39, 0.29) is 12.5 Å². The second-order valence-corrected chi connectivity index (χ2v) is 5.29. The molecule has 4 heteroatoms. The summed E-state index contributed by atoms with van der Waals surface area (Å²) in [5, 5.41) is 3.16. The van der Waals surface area contributed by atoms with Crippen LogP contribution in [0.3, 0.4) is 0 Å². The van der Waals surface area contributed by atoms with Gasteiger partial charge >= 0.3 is 0 Å². The van der Waals surface area contributed by atoms with Crippen molar-refractivity contribution in [2.45, 2.75) is 13.5 Å². The van der Waals surface area contributed by atoms with Gasteiger partial charge in [-0.1, -0.05) is 36.4 Å². The van der Waals surface area contributed by atoms with E-state index in [1.54, 1.807) is 12.0 Å². The van der Waals surface area contributed by atoms with Crippen LogP contribution in [0.25, 0.3) is 0 Å². The largest absolute Gasteiger partial charge is 0.495 e. The summed E-state index contributed by atoms with van der Waals surface area (Å²) in [5.41, 5.74) is 3.07. The lowest BCUT2D eigenvalue weighted by Gasteiger charge is -2.19. The number of anilines is 1. The SMILES string of the molecule is COc1ccc(C)cc1NCC(=O)N(C)Cc1ccccc1. The first kappa shape index (κ1) is 15.9. The lowest BCUT2D eigenvalue weighted by molar-refractivity contribution is -0.128. The van der Waals surface area contributed by atoms with Gasteiger partial charge in [0.1, 0.15) is 5.75 Å².